The molecule has 0 aliphatic carbocycles. The Morgan fingerprint density at radius 2 is 2.11 bits per heavy atom. The van der Waals surface area contributed by atoms with Gasteiger partial charge in [0, 0.05) is 23.6 Å². The lowest BCUT2D eigenvalue weighted by atomic mass is 10.3. The van der Waals surface area contributed by atoms with E-state index in [0.717, 1.165) is 4.47 Å². The summed E-state index contributed by atoms with van der Waals surface area (Å²) in [5.41, 5.74) is 6.73. The van der Waals surface area contributed by atoms with Crippen molar-refractivity contribution in [1.29, 1.82) is 0 Å². The van der Waals surface area contributed by atoms with Gasteiger partial charge >= 0.3 is 6.18 Å². The number of hydrogen-bond acceptors (Lipinski definition) is 3. The minimum atomic E-state index is -4.15. The minimum Gasteiger partial charge on any atom is -0.369 e. The van der Waals surface area contributed by atoms with Crippen molar-refractivity contribution >= 4 is 33.0 Å². The molecule has 18 heavy (non-hydrogen) atoms. The average Bonchev–Trinajstić information content (AvgIpc) is 2.52. The van der Waals surface area contributed by atoms with Crippen LogP contribution in [0.25, 0.3) is 11.2 Å². The van der Waals surface area contributed by atoms with Crippen LogP contribution in [0.2, 0.25) is 0 Å². The van der Waals surface area contributed by atoms with Crippen LogP contribution in [0.15, 0.2) is 16.7 Å². The molecule has 2 aromatic heterocycles. The molecule has 2 rings (SSSR count). The van der Waals surface area contributed by atoms with E-state index in [9.17, 15) is 13.2 Å². The summed E-state index contributed by atoms with van der Waals surface area (Å²) >= 11 is 3.24. The van der Waals surface area contributed by atoms with Gasteiger partial charge in [-0.2, -0.15) is 13.2 Å². The van der Waals surface area contributed by atoms with Crippen molar-refractivity contribution in [3.8, 4) is 0 Å². The first-order chi connectivity index (χ1) is 8.37. The van der Waals surface area contributed by atoms with E-state index in [-0.39, 0.29) is 18.9 Å². The number of fused-ring (bicyclic) bond motifs is 1. The molecular formula is C10H10BrF3N4. The van der Waals surface area contributed by atoms with E-state index in [1.165, 1.54) is 4.57 Å². The number of halogens is 4. The summed E-state index contributed by atoms with van der Waals surface area (Å²) in [6.45, 7) is 0.149. The molecule has 0 amide bonds. The van der Waals surface area contributed by atoms with Gasteiger partial charge in [-0.1, -0.05) is 0 Å². The monoisotopic (exact) mass is 322 g/mol. The molecule has 2 aromatic rings. The molecule has 0 unspecified atom stereocenters. The van der Waals surface area contributed by atoms with Gasteiger partial charge in [-0.25, -0.2) is 9.97 Å². The van der Waals surface area contributed by atoms with Crippen molar-refractivity contribution in [2.75, 3.05) is 5.73 Å². The third-order valence-corrected chi connectivity index (χ3v) is 2.86. The fourth-order valence-electron chi connectivity index (χ4n) is 1.66. The molecule has 8 heteroatoms. The van der Waals surface area contributed by atoms with Crippen LogP contribution in [0.3, 0.4) is 0 Å². The summed E-state index contributed by atoms with van der Waals surface area (Å²) < 4.78 is 38.5. The summed E-state index contributed by atoms with van der Waals surface area (Å²) in [5.74, 6) is 0.178. The van der Waals surface area contributed by atoms with Crippen LogP contribution in [0.5, 0.6) is 0 Å². The number of imidazole rings is 1. The zero-order chi connectivity index (χ0) is 13.3. The van der Waals surface area contributed by atoms with Gasteiger partial charge in [0.25, 0.3) is 0 Å². The Hall–Kier alpha value is -1.31. The van der Waals surface area contributed by atoms with Crippen molar-refractivity contribution in [2.45, 2.75) is 25.6 Å². The summed E-state index contributed by atoms with van der Waals surface area (Å²) in [5, 5.41) is 0. The van der Waals surface area contributed by atoms with Crippen molar-refractivity contribution in [1.82, 2.24) is 14.5 Å². The highest BCUT2D eigenvalue weighted by atomic mass is 79.9. The maximum atomic E-state index is 12.1. The molecule has 0 saturated heterocycles. The fraction of sp³-hybridized carbons (Fsp3) is 0.400. The standard InChI is InChI=1S/C10H10BrF3N4/c11-6-4-7-8(16-5-6)18(9(15)17-7)3-1-2-10(12,13)14/h4-5H,1-3H2,(H2,15,17). The van der Waals surface area contributed by atoms with Crippen LogP contribution >= 0.6 is 15.9 Å². The molecular weight excluding hydrogens is 313 g/mol. The zero-order valence-corrected chi connectivity index (χ0v) is 10.8. The van der Waals surface area contributed by atoms with Crippen LogP contribution in [0.1, 0.15) is 12.8 Å². The highest BCUT2D eigenvalue weighted by Crippen LogP contribution is 2.24. The van der Waals surface area contributed by atoms with Gasteiger partial charge in [-0.15, -0.1) is 0 Å². The second-order valence-corrected chi connectivity index (χ2v) is 4.75. The van der Waals surface area contributed by atoms with Gasteiger partial charge in [-0.3, -0.25) is 4.57 Å². The number of anilines is 1. The molecule has 0 bridgehead atoms. The Kier molecular flexibility index (Phi) is 3.47. The van der Waals surface area contributed by atoms with Crippen LogP contribution in [-0.2, 0) is 6.54 Å². The fourth-order valence-corrected chi connectivity index (χ4v) is 1.98. The van der Waals surface area contributed by atoms with Crippen LogP contribution in [0, 0.1) is 0 Å². The van der Waals surface area contributed by atoms with E-state index in [4.69, 9.17) is 5.73 Å². The molecule has 4 nitrogen and oxygen atoms in total. The Bertz CT molecular complexity index is 564. The molecule has 0 aliphatic rings. The summed E-state index contributed by atoms with van der Waals surface area (Å²) in [6.07, 6.45) is -3.48. The number of nitrogen functional groups attached to an aromatic ring is 1. The number of alkyl halides is 3. The Morgan fingerprint density at radius 1 is 1.39 bits per heavy atom. The third-order valence-electron chi connectivity index (χ3n) is 2.42. The molecule has 0 fully saturated rings. The molecule has 0 aliphatic heterocycles. The first-order valence-corrected chi connectivity index (χ1v) is 6.00. The summed E-state index contributed by atoms with van der Waals surface area (Å²) in [6, 6.07) is 1.72. The number of hydrogen-bond donors (Lipinski definition) is 1. The highest BCUT2D eigenvalue weighted by Gasteiger charge is 2.26. The first-order valence-electron chi connectivity index (χ1n) is 5.21. The van der Waals surface area contributed by atoms with Crippen LogP contribution in [0.4, 0.5) is 19.1 Å². The SMILES string of the molecule is Nc1nc2cc(Br)cnc2n1CCCC(F)(F)F. The molecule has 0 atom stereocenters. The van der Waals surface area contributed by atoms with Gasteiger partial charge in [0.15, 0.2) is 5.65 Å². The van der Waals surface area contributed by atoms with Crippen molar-refractivity contribution in [3.63, 3.8) is 0 Å². The van der Waals surface area contributed by atoms with Crippen LogP contribution in [-0.4, -0.2) is 20.7 Å². The maximum Gasteiger partial charge on any atom is 0.389 e. The van der Waals surface area contributed by atoms with Gasteiger partial charge in [0.05, 0.1) is 0 Å². The lowest BCUT2D eigenvalue weighted by Crippen LogP contribution is -2.10. The number of nitrogens with zero attached hydrogens (tertiary/aromatic N) is 3. The lowest BCUT2D eigenvalue weighted by Gasteiger charge is -2.08. The summed E-state index contributed by atoms with van der Waals surface area (Å²) in [7, 11) is 0. The second-order valence-electron chi connectivity index (χ2n) is 3.84. The highest BCUT2D eigenvalue weighted by molar-refractivity contribution is 9.10. The number of aromatic nitrogens is 3. The van der Waals surface area contributed by atoms with Crippen molar-refractivity contribution in [3.05, 3.63) is 16.7 Å². The molecule has 98 valence electrons. The molecule has 2 N–H and O–H groups in total. The van der Waals surface area contributed by atoms with Gasteiger partial charge in [0.1, 0.15) is 5.52 Å². The second kappa shape index (κ2) is 4.75. The van der Waals surface area contributed by atoms with E-state index < -0.39 is 12.6 Å². The molecule has 2 heterocycles. The normalized spacial score (nSPS) is 12.2. The third kappa shape index (κ3) is 2.92. The van der Waals surface area contributed by atoms with Gasteiger partial charge in [-0.05, 0) is 28.4 Å². The Labute approximate surface area is 109 Å². The first kappa shape index (κ1) is 13.1. The number of pyridine rings is 1. The topological polar surface area (TPSA) is 56.7 Å². The molecule has 0 aromatic carbocycles. The number of nitrogens with two attached hydrogens (primary N) is 1. The average molecular weight is 323 g/mol. The molecule has 0 saturated carbocycles. The van der Waals surface area contributed by atoms with E-state index in [0.29, 0.717) is 11.2 Å². The smallest absolute Gasteiger partial charge is 0.369 e. The van der Waals surface area contributed by atoms with Crippen LogP contribution < -0.4 is 5.73 Å². The largest absolute Gasteiger partial charge is 0.389 e. The van der Waals surface area contributed by atoms with Gasteiger partial charge in [0.2, 0.25) is 5.95 Å². The Morgan fingerprint density at radius 3 is 2.78 bits per heavy atom. The number of aryl methyl sites for hydroxylation is 1. The van der Waals surface area contributed by atoms with Crippen molar-refractivity contribution < 1.29 is 13.2 Å². The van der Waals surface area contributed by atoms with Crippen molar-refractivity contribution in [2.24, 2.45) is 0 Å². The quantitative estimate of drug-likeness (QED) is 0.944. The Balaban J connectivity index is 2.20. The van der Waals surface area contributed by atoms with E-state index in [1.54, 1.807) is 12.3 Å². The maximum absolute atomic E-state index is 12.1. The lowest BCUT2D eigenvalue weighted by molar-refractivity contribution is -0.135. The predicted molar refractivity (Wildman–Crippen MR) is 64.9 cm³/mol. The summed E-state index contributed by atoms with van der Waals surface area (Å²) in [4.78, 5) is 8.16. The van der Waals surface area contributed by atoms with E-state index in [1.807, 2.05) is 0 Å². The number of rotatable bonds is 3. The van der Waals surface area contributed by atoms with Gasteiger partial charge < -0.3 is 5.73 Å². The minimum absolute atomic E-state index is 0.0447. The van der Waals surface area contributed by atoms with E-state index in [2.05, 4.69) is 25.9 Å². The zero-order valence-electron chi connectivity index (χ0n) is 9.21. The molecule has 0 spiro atoms. The van der Waals surface area contributed by atoms with E-state index >= 15 is 0 Å². The molecule has 0 radical (unpaired) electrons. The predicted octanol–water partition coefficient (Wildman–Crippen LogP) is 3.12.